The van der Waals surface area contributed by atoms with Crippen LogP contribution < -0.4 is 5.32 Å². The second-order valence-electron chi connectivity index (χ2n) is 6.02. The molecule has 0 aliphatic heterocycles. The molecule has 0 spiro atoms. The van der Waals surface area contributed by atoms with Gasteiger partial charge in [0.25, 0.3) is 5.91 Å². The summed E-state index contributed by atoms with van der Waals surface area (Å²) in [5.74, 6) is -0.415. The molecular formula is C22H14BrClN2O4. The molecule has 3 rings (SSSR count). The zero-order valence-electron chi connectivity index (χ0n) is 15.6. The van der Waals surface area contributed by atoms with E-state index in [2.05, 4.69) is 21.2 Å². The van der Waals surface area contributed by atoms with Crippen LogP contribution in [0.5, 0.6) is 0 Å². The topological polar surface area (TPSA) is 92.3 Å². The average Bonchev–Trinajstić information content (AvgIpc) is 3.20. The summed E-state index contributed by atoms with van der Waals surface area (Å²) in [5.41, 5.74) is 1.21. The summed E-state index contributed by atoms with van der Waals surface area (Å²) in [4.78, 5) is 24.2. The molecule has 0 fully saturated rings. The van der Waals surface area contributed by atoms with Gasteiger partial charge in [-0.3, -0.25) is 4.79 Å². The van der Waals surface area contributed by atoms with E-state index in [9.17, 15) is 14.9 Å². The Morgan fingerprint density at radius 2 is 2.00 bits per heavy atom. The maximum absolute atomic E-state index is 12.4. The Morgan fingerprint density at radius 3 is 2.70 bits per heavy atom. The first-order chi connectivity index (χ1) is 14.4. The highest BCUT2D eigenvalue weighted by Gasteiger charge is 2.15. The van der Waals surface area contributed by atoms with Crippen molar-refractivity contribution in [2.75, 3.05) is 12.4 Å². The van der Waals surface area contributed by atoms with E-state index in [1.807, 2.05) is 12.1 Å². The number of benzene rings is 2. The molecule has 1 aromatic heterocycles. The second-order valence-corrected chi connectivity index (χ2v) is 7.35. The number of amides is 1. The predicted molar refractivity (Wildman–Crippen MR) is 117 cm³/mol. The van der Waals surface area contributed by atoms with Gasteiger partial charge in [0.2, 0.25) is 0 Å². The first-order valence-electron chi connectivity index (χ1n) is 8.58. The van der Waals surface area contributed by atoms with Crippen LogP contribution in [-0.4, -0.2) is 19.0 Å². The summed E-state index contributed by atoms with van der Waals surface area (Å²) in [6, 6.07) is 16.8. The molecular weight excluding hydrogens is 472 g/mol. The van der Waals surface area contributed by atoms with Crippen molar-refractivity contribution in [3.05, 3.63) is 81.0 Å². The van der Waals surface area contributed by atoms with Gasteiger partial charge < -0.3 is 14.5 Å². The fourth-order valence-corrected chi connectivity index (χ4v) is 3.20. The Kier molecular flexibility index (Phi) is 6.72. The smallest absolute Gasteiger partial charge is 0.337 e. The van der Waals surface area contributed by atoms with Gasteiger partial charge in [0.05, 0.1) is 17.7 Å². The average molecular weight is 486 g/mol. The van der Waals surface area contributed by atoms with Crippen molar-refractivity contribution in [2.24, 2.45) is 0 Å². The van der Waals surface area contributed by atoms with E-state index < -0.39 is 11.9 Å². The number of ether oxygens (including phenoxy) is 1. The molecule has 0 aliphatic rings. The Bertz CT molecular complexity index is 1190. The number of nitrogens with one attached hydrogen (secondary N) is 1. The second kappa shape index (κ2) is 9.44. The third-order valence-electron chi connectivity index (χ3n) is 4.01. The summed E-state index contributed by atoms with van der Waals surface area (Å²) < 4.78 is 11.2. The van der Waals surface area contributed by atoms with Crippen molar-refractivity contribution in [2.45, 2.75) is 0 Å². The summed E-state index contributed by atoms with van der Waals surface area (Å²) in [5, 5.41) is 12.4. The van der Waals surface area contributed by atoms with Gasteiger partial charge in [0.15, 0.2) is 0 Å². The SMILES string of the molecule is COC(=O)c1ccc(Cl)c(-c2ccc(/C=C(/C#N)C(=O)Nc3cccc(Br)c3)o2)c1. The number of nitriles is 1. The molecule has 0 unspecified atom stereocenters. The van der Waals surface area contributed by atoms with Crippen molar-refractivity contribution in [1.29, 1.82) is 5.26 Å². The van der Waals surface area contributed by atoms with Crippen LogP contribution in [0.1, 0.15) is 16.1 Å². The highest BCUT2D eigenvalue weighted by atomic mass is 79.9. The zero-order chi connectivity index (χ0) is 21.7. The van der Waals surface area contributed by atoms with Crippen molar-refractivity contribution in [3.63, 3.8) is 0 Å². The third kappa shape index (κ3) is 4.98. The van der Waals surface area contributed by atoms with Crippen LogP contribution in [0.4, 0.5) is 5.69 Å². The molecule has 0 bridgehead atoms. The van der Waals surface area contributed by atoms with Crippen LogP contribution in [0.3, 0.4) is 0 Å². The lowest BCUT2D eigenvalue weighted by atomic mass is 10.1. The van der Waals surface area contributed by atoms with E-state index in [-0.39, 0.29) is 11.3 Å². The Hall–Kier alpha value is -3.34. The van der Waals surface area contributed by atoms with E-state index >= 15 is 0 Å². The summed E-state index contributed by atoms with van der Waals surface area (Å²) >= 11 is 9.55. The number of carbonyl (C=O) groups is 2. The van der Waals surface area contributed by atoms with E-state index in [1.54, 1.807) is 48.5 Å². The van der Waals surface area contributed by atoms with Gasteiger partial charge in [-0.2, -0.15) is 5.26 Å². The number of methoxy groups -OCH3 is 1. The van der Waals surface area contributed by atoms with Crippen LogP contribution in [0.2, 0.25) is 5.02 Å². The fraction of sp³-hybridized carbons (Fsp3) is 0.0455. The Balaban J connectivity index is 1.86. The van der Waals surface area contributed by atoms with Gasteiger partial charge in [0.1, 0.15) is 23.2 Å². The van der Waals surface area contributed by atoms with Crippen molar-refractivity contribution in [3.8, 4) is 17.4 Å². The van der Waals surface area contributed by atoms with Gasteiger partial charge >= 0.3 is 5.97 Å². The number of hydrogen-bond donors (Lipinski definition) is 1. The molecule has 150 valence electrons. The van der Waals surface area contributed by atoms with Gasteiger partial charge in [-0.1, -0.05) is 33.6 Å². The van der Waals surface area contributed by atoms with Crippen LogP contribution in [0.15, 0.2) is 69.1 Å². The number of carbonyl (C=O) groups excluding carboxylic acids is 2. The lowest BCUT2D eigenvalue weighted by molar-refractivity contribution is -0.112. The van der Waals surface area contributed by atoms with E-state index in [1.165, 1.54) is 13.2 Å². The van der Waals surface area contributed by atoms with Crippen LogP contribution >= 0.6 is 27.5 Å². The number of furan rings is 1. The third-order valence-corrected chi connectivity index (χ3v) is 4.84. The lowest BCUT2D eigenvalue weighted by Crippen LogP contribution is -2.13. The molecule has 6 nitrogen and oxygen atoms in total. The minimum absolute atomic E-state index is 0.134. The minimum atomic E-state index is -0.570. The van der Waals surface area contributed by atoms with E-state index in [0.29, 0.717) is 27.6 Å². The summed E-state index contributed by atoms with van der Waals surface area (Å²) in [6.45, 7) is 0. The number of nitrogens with zero attached hydrogens (tertiary/aromatic N) is 1. The molecule has 0 saturated carbocycles. The number of hydrogen-bond acceptors (Lipinski definition) is 5. The molecule has 0 aliphatic carbocycles. The van der Waals surface area contributed by atoms with Crippen molar-refractivity contribution in [1.82, 2.24) is 0 Å². The Morgan fingerprint density at radius 1 is 1.20 bits per heavy atom. The minimum Gasteiger partial charge on any atom is -0.465 e. The monoisotopic (exact) mass is 484 g/mol. The van der Waals surface area contributed by atoms with Crippen molar-refractivity contribution >= 4 is 51.2 Å². The maximum atomic E-state index is 12.4. The molecule has 1 heterocycles. The Labute approximate surface area is 185 Å². The standard InChI is InChI=1S/C22H14BrClN2O4/c1-29-22(28)13-5-7-19(24)18(10-13)20-8-6-17(30-20)9-14(12-25)21(27)26-16-4-2-3-15(23)11-16/h2-11H,1H3,(H,26,27)/b14-9-. The summed E-state index contributed by atoms with van der Waals surface area (Å²) in [7, 11) is 1.29. The molecule has 0 radical (unpaired) electrons. The molecule has 2 aromatic carbocycles. The van der Waals surface area contributed by atoms with Gasteiger partial charge in [-0.15, -0.1) is 0 Å². The van der Waals surface area contributed by atoms with Crippen LogP contribution in [0.25, 0.3) is 17.4 Å². The number of rotatable bonds is 5. The van der Waals surface area contributed by atoms with Gasteiger partial charge in [-0.25, -0.2) is 4.79 Å². The van der Waals surface area contributed by atoms with Crippen LogP contribution in [-0.2, 0) is 9.53 Å². The normalized spacial score (nSPS) is 10.9. The van der Waals surface area contributed by atoms with Gasteiger partial charge in [0, 0.05) is 21.8 Å². The van der Waals surface area contributed by atoms with Crippen molar-refractivity contribution < 1.29 is 18.7 Å². The first-order valence-corrected chi connectivity index (χ1v) is 9.75. The molecule has 0 atom stereocenters. The molecule has 1 N–H and O–H groups in total. The lowest BCUT2D eigenvalue weighted by Gasteiger charge is -2.05. The zero-order valence-corrected chi connectivity index (χ0v) is 18.0. The summed E-state index contributed by atoms with van der Waals surface area (Å²) in [6.07, 6.45) is 1.33. The molecule has 1 amide bonds. The highest BCUT2D eigenvalue weighted by molar-refractivity contribution is 9.10. The van der Waals surface area contributed by atoms with E-state index in [0.717, 1.165) is 4.47 Å². The first kappa shape index (κ1) is 21.4. The largest absolute Gasteiger partial charge is 0.465 e. The molecule has 30 heavy (non-hydrogen) atoms. The molecule has 3 aromatic rings. The van der Waals surface area contributed by atoms with E-state index in [4.69, 9.17) is 20.8 Å². The van der Waals surface area contributed by atoms with Crippen LogP contribution in [0, 0.1) is 11.3 Å². The maximum Gasteiger partial charge on any atom is 0.337 e. The predicted octanol–water partition coefficient (Wildman–Crippen LogP) is 5.69. The van der Waals surface area contributed by atoms with Gasteiger partial charge in [-0.05, 0) is 48.5 Å². The fourth-order valence-electron chi connectivity index (χ4n) is 2.59. The number of anilines is 1. The quantitative estimate of drug-likeness (QED) is 0.284. The number of esters is 1. The highest BCUT2D eigenvalue weighted by Crippen LogP contribution is 2.31. The molecule has 0 saturated heterocycles. The molecule has 8 heteroatoms. The number of halogens is 2.